The second-order valence-electron chi connectivity index (χ2n) is 4.75. The number of amides is 2. The average Bonchev–Trinajstić information content (AvgIpc) is 2.56. The summed E-state index contributed by atoms with van der Waals surface area (Å²) >= 11 is 0. The fourth-order valence-electron chi connectivity index (χ4n) is 1.50. The molecule has 0 radical (unpaired) electrons. The van der Waals surface area contributed by atoms with Crippen molar-refractivity contribution in [2.45, 2.75) is 6.92 Å². The summed E-state index contributed by atoms with van der Waals surface area (Å²) in [5.41, 5.74) is 0. The van der Waals surface area contributed by atoms with E-state index in [0.717, 1.165) is 0 Å². The molecule has 0 aromatic carbocycles. The highest BCUT2D eigenvalue weighted by atomic mass is 19.1. The Kier molecular flexibility index (Phi) is 18.0. The van der Waals surface area contributed by atoms with Crippen LogP contribution >= 0.6 is 0 Å². The summed E-state index contributed by atoms with van der Waals surface area (Å²) in [4.78, 5) is 20.5. The molecule has 0 spiro atoms. The third-order valence-electron chi connectivity index (χ3n) is 2.62. The van der Waals surface area contributed by atoms with Gasteiger partial charge in [-0.3, -0.25) is 4.79 Å². The molecule has 0 heterocycles. The molecule has 2 N–H and O–H groups in total. The molecule has 0 saturated heterocycles. The quantitative estimate of drug-likeness (QED) is 0.197. The molecule has 9 nitrogen and oxygen atoms in total. The van der Waals surface area contributed by atoms with E-state index in [1.807, 2.05) is 5.32 Å². The Balaban J connectivity index is 3.00. The van der Waals surface area contributed by atoms with Gasteiger partial charge in [0.2, 0.25) is 5.91 Å². The van der Waals surface area contributed by atoms with Crippen LogP contribution in [0.25, 0.3) is 0 Å². The number of halogens is 1. The first-order valence-electron chi connectivity index (χ1n) is 8.19. The van der Waals surface area contributed by atoms with Gasteiger partial charge in [0, 0.05) is 20.0 Å². The molecule has 0 bridgehead atoms. The maximum atomic E-state index is 11.8. The van der Waals surface area contributed by atoms with E-state index >= 15 is 0 Å². The molecule has 0 unspecified atom stereocenters. The molecule has 0 aromatic rings. The highest BCUT2D eigenvalue weighted by Gasteiger charge is 1.96. The van der Waals surface area contributed by atoms with Gasteiger partial charge in [0.25, 0.3) is 0 Å². The molecule has 148 valence electrons. The molecule has 2 amide bonds. The van der Waals surface area contributed by atoms with Gasteiger partial charge in [0.05, 0.1) is 66.1 Å². The lowest BCUT2D eigenvalue weighted by Crippen LogP contribution is -2.25. The Hall–Kier alpha value is -1.33. The van der Waals surface area contributed by atoms with Crippen LogP contribution in [-0.4, -0.2) is 91.2 Å². The zero-order chi connectivity index (χ0) is 18.6. The van der Waals surface area contributed by atoms with Crippen LogP contribution in [0.15, 0.2) is 0 Å². The van der Waals surface area contributed by atoms with Gasteiger partial charge >= 0.3 is 6.16 Å². The summed E-state index contributed by atoms with van der Waals surface area (Å²) in [6.45, 7) is 6.34. The molecule has 0 aliphatic rings. The molecule has 0 saturated carbocycles. The maximum absolute atomic E-state index is 11.8. The zero-order valence-electron chi connectivity index (χ0n) is 14.7. The second-order valence-corrected chi connectivity index (χ2v) is 4.75. The van der Waals surface area contributed by atoms with E-state index in [0.29, 0.717) is 66.0 Å². The van der Waals surface area contributed by atoms with Crippen molar-refractivity contribution < 1.29 is 37.7 Å². The average molecular weight is 368 g/mol. The minimum atomic E-state index is -1.56. The minimum absolute atomic E-state index is 0.0721. The molecule has 0 fully saturated rings. The SMILES string of the molecule is CC(=O)NCCOCCOCCOCCOCCOCCNC(=O)F. The molecule has 0 aliphatic heterocycles. The molecule has 0 rings (SSSR count). The topological polar surface area (TPSA) is 104 Å². The summed E-state index contributed by atoms with van der Waals surface area (Å²) in [6.07, 6.45) is -1.56. The van der Waals surface area contributed by atoms with Crippen molar-refractivity contribution in [1.29, 1.82) is 0 Å². The largest absolute Gasteiger partial charge is 0.397 e. The van der Waals surface area contributed by atoms with Crippen LogP contribution in [0.4, 0.5) is 9.18 Å². The summed E-state index contributed by atoms with van der Waals surface area (Å²) < 4.78 is 38.0. The number of rotatable bonds is 18. The Morgan fingerprint density at radius 3 is 1.28 bits per heavy atom. The number of nitrogens with one attached hydrogen (secondary N) is 2. The van der Waals surface area contributed by atoms with Crippen LogP contribution in [-0.2, 0) is 28.5 Å². The van der Waals surface area contributed by atoms with E-state index in [2.05, 4.69) is 5.32 Å². The Bertz CT molecular complexity index is 305. The number of ether oxygens (including phenoxy) is 5. The van der Waals surface area contributed by atoms with Gasteiger partial charge in [0.15, 0.2) is 0 Å². The van der Waals surface area contributed by atoms with Gasteiger partial charge in [-0.15, -0.1) is 4.39 Å². The predicted molar refractivity (Wildman–Crippen MR) is 87.3 cm³/mol. The first kappa shape index (κ1) is 23.7. The monoisotopic (exact) mass is 368 g/mol. The fourth-order valence-corrected chi connectivity index (χ4v) is 1.50. The van der Waals surface area contributed by atoms with Gasteiger partial charge in [-0.05, 0) is 0 Å². The van der Waals surface area contributed by atoms with Crippen molar-refractivity contribution >= 4 is 12.1 Å². The lowest BCUT2D eigenvalue weighted by molar-refractivity contribution is -0.119. The van der Waals surface area contributed by atoms with E-state index in [4.69, 9.17) is 23.7 Å². The minimum Gasteiger partial charge on any atom is -0.377 e. The molecular formula is C15H29FN2O7. The predicted octanol–water partition coefficient (Wildman–Crippen LogP) is -0.115. The number of hydrogen-bond donors (Lipinski definition) is 2. The van der Waals surface area contributed by atoms with E-state index in [-0.39, 0.29) is 19.1 Å². The molecule has 10 heteroatoms. The first-order valence-corrected chi connectivity index (χ1v) is 8.19. The molecule has 25 heavy (non-hydrogen) atoms. The summed E-state index contributed by atoms with van der Waals surface area (Å²) in [6, 6.07) is 0. The van der Waals surface area contributed by atoms with Gasteiger partial charge in [-0.25, -0.2) is 4.79 Å². The summed E-state index contributed by atoms with van der Waals surface area (Å²) in [5.74, 6) is -0.0721. The van der Waals surface area contributed by atoms with Crippen molar-refractivity contribution in [2.75, 3.05) is 79.2 Å². The van der Waals surface area contributed by atoms with E-state index in [1.54, 1.807) is 0 Å². The maximum Gasteiger partial charge on any atom is 0.397 e. The zero-order valence-corrected chi connectivity index (χ0v) is 14.7. The standard InChI is InChI=1S/C15H29FN2O7/c1-14(19)17-2-4-21-6-8-23-10-12-25-13-11-24-9-7-22-5-3-18-15(16)20/h2-13H2,1H3,(H,17,19)(H,18,20). The van der Waals surface area contributed by atoms with Gasteiger partial charge in [-0.2, -0.15) is 0 Å². The Labute approximate surface area is 147 Å². The van der Waals surface area contributed by atoms with Gasteiger partial charge < -0.3 is 34.3 Å². The van der Waals surface area contributed by atoms with Crippen molar-refractivity contribution in [3.63, 3.8) is 0 Å². The normalized spacial score (nSPS) is 10.6. The number of hydrogen-bond acceptors (Lipinski definition) is 7. The van der Waals surface area contributed by atoms with Crippen LogP contribution in [0.3, 0.4) is 0 Å². The van der Waals surface area contributed by atoms with Crippen LogP contribution < -0.4 is 10.6 Å². The lowest BCUT2D eigenvalue weighted by atomic mass is 10.6. The smallest absolute Gasteiger partial charge is 0.377 e. The van der Waals surface area contributed by atoms with Crippen molar-refractivity contribution in [1.82, 2.24) is 10.6 Å². The third kappa shape index (κ3) is 22.7. The second kappa shape index (κ2) is 19.0. The Morgan fingerprint density at radius 1 is 0.640 bits per heavy atom. The molecule has 0 aromatic heterocycles. The van der Waals surface area contributed by atoms with E-state index in [1.165, 1.54) is 6.92 Å². The highest BCUT2D eigenvalue weighted by Crippen LogP contribution is 1.84. The van der Waals surface area contributed by atoms with E-state index in [9.17, 15) is 14.0 Å². The third-order valence-corrected chi connectivity index (χ3v) is 2.62. The number of carbonyl (C=O) groups excluding carboxylic acids is 2. The van der Waals surface area contributed by atoms with E-state index < -0.39 is 6.16 Å². The number of carbonyl (C=O) groups is 2. The molecule has 0 aliphatic carbocycles. The van der Waals surface area contributed by atoms with Gasteiger partial charge in [-0.1, -0.05) is 0 Å². The molecule has 0 atom stereocenters. The first-order chi connectivity index (χ1) is 12.1. The van der Waals surface area contributed by atoms with Crippen molar-refractivity contribution in [3.8, 4) is 0 Å². The molecular weight excluding hydrogens is 339 g/mol. The van der Waals surface area contributed by atoms with Crippen molar-refractivity contribution in [3.05, 3.63) is 0 Å². The van der Waals surface area contributed by atoms with Gasteiger partial charge in [0.1, 0.15) is 0 Å². The highest BCUT2D eigenvalue weighted by molar-refractivity contribution is 5.72. The lowest BCUT2D eigenvalue weighted by Gasteiger charge is -2.08. The summed E-state index contributed by atoms with van der Waals surface area (Å²) in [5, 5.41) is 4.60. The summed E-state index contributed by atoms with van der Waals surface area (Å²) in [7, 11) is 0. The van der Waals surface area contributed by atoms with Crippen molar-refractivity contribution in [2.24, 2.45) is 0 Å². The van der Waals surface area contributed by atoms with Crippen LogP contribution in [0.5, 0.6) is 0 Å². The fraction of sp³-hybridized carbons (Fsp3) is 0.867. The Morgan fingerprint density at radius 2 is 0.960 bits per heavy atom. The van der Waals surface area contributed by atoms with Crippen LogP contribution in [0, 0.1) is 0 Å². The van der Waals surface area contributed by atoms with Crippen LogP contribution in [0.2, 0.25) is 0 Å². The van der Waals surface area contributed by atoms with Crippen LogP contribution in [0.1, 0.15) is 6.92 Å².